The van der Waals surface area contributed by atoms with E-state index < -0.39 is 0 Å². The van der Waals surface area contributed by atoms with Crippen LogP contribution in [0.15, 0.2) is 29.4 Å². The van der Waals surface area contributed by atoms with Crippen LogP contribution in [-0.4, -0.2) is 19.9 Å². The SMILES string of the molecule is Cc1ccc(OCCOCN=[N+]=[N-])cc1. The average molecular weight is 207 g/mol. The van der Waals surface area contributed by atoms with E-state index >= 15 is 0 Å². The molecule has 1 rings (SSSR count). The minimum absolute atomic E-state index is 0.0494. The van der Waals surface area contributed by atoms with Crippen molar-refractivity contribution >= 4 is 0 Å². The van der Waals surface area contributed by atoms with Gasteiger partial charge < -0.3 is 9.47 Å². The van der Waals surface area contributed by atoms with Crippen LogP contribution in [0.4, 0.5) is 0 Å². The molecular weight excluding hydrogens is 194 g/mol. The van der Waals surface area contributed by atoms with Crippen LogP contribution in [0.1, 0.15) is 5.56 Å². The highest BCUT2D eigenvalue weighted by molar-refractivity contribution is 5.26. The van der Waals surface area contributed by atoms with Gasteiger partial charge in [-0.05, 0) is 24.6 Å². The lowest BCUT2D eigenvalue weighted by atomic mass is 10.2. The van der Waals surface area contributed by atoms with Crippen LogP contribution in [0, 0.1) is 6.92 Å². The first-order valence-corrected chi connectivity index (χ1v) is 4.61. The monoisotopic (exact) mass is 207 g/mol. The minimum atomic E-state index is 0.0494. The van der Waals surface area contributed by atoms with Crippen molar-refractivity contribution in [1.29, 1.82) is 0 Å². The van der Waals surface area contributed by atoms with Gasteiger partial charge in [0.15, 0.2) is 0 Å². The fraction of sp³-hybridized carbons (Fsp3) is 0.400. The molecule has 0 spiro atoms. The van der Waals surface area contributed by atoms with E-state index in [4.69, 9.17) is 15.0 Å². The van der Waals surface area contributed by atoms with Gasteiger partial charge in [-0.1, -0.05) is 22.8 Å². The summed E-state index contributed by atoms with van der Waals surface area (Å²) in [6.45, 7) is 2.93. The van der Waals surface area contributed by atoms with Gasteiger partial charge in [0.05, 0.1) is 6.61 Å². The molecule has 0 aliphatic heterocycles. The number of azide groups is 1. The first kappa shape index (κ1) is 11.4. The van der Waals surface area contributed by atoms with Crippen molar-refractivity contribution in [2.75, 3.05) is 19.9 Å². The maximum absolute atomic E-state index is 7.97. The van der Waals surface area contributed by atoms with Gasteiger partial charge in [-0.25, -0.2) is 0 Å². The number of nitrogens with zero attached hydrogens (tertiary/aromatic N) is 3. The molecule has 0 saturated heterocycles. The highest BCUT2D eigenvalue weighted by Crippen LogP contribution is 2.10. The molecule has 0 bridgehead atoms. The van der Waals surface area contributed by atoms with E-state index in [1.807, 2.05) is 31.2 Å². The molecule has 0 amide bonds. The van der Waals surface area contributed by atoms with Gasteiger partial charge in [0, 0.05) is 4.91 Å². The second kappa shape index (κ2) is 6.70. The van der Waals surface area contributed by atoms with Crippen LogP contribution in [0.25, 0.3) is 10.4 Å². The summed E-state index contributed by atoms with van der Waals surface area (Å²) >= 11 is 0. The van der Waals surface area contributed by atoms with E-state index in [1.54, 1.807) is 0 Å². The normalized spacial score (nSPS) is 9.40. The van der Waals surface area contributed by atoms with Gasteiger partial charge in [0.25, 0.3) is 0 Å². The Bertz CT molecular complexity index is 331. The standard InChI is InChI=1S/C10H13N3O2/c1-9-2-4-10(5-3-9)15-7-6-14-8-12-13-11/h2-5H,6-8H2,1H3. The van der Waals surface area contributed by atoms with Crippen LogP contribution >= 0.6 is 0 Å². The summed E-state index contributed by atoms with van der Waals surface area (Å²) in [7, 11) is 0. The van der Waals surface area contributed by atoms with E-state index in [0.717, 1.165) is 5.75 Å². The van der Waals surface area contributed by atoms with Crippen LogP contribution in [0.3, 0.4) is 0 Å². The molecule has 0 N–H and O–H groups in total. The molecule has 80 valence electrons. The van der Waals surface area contributed by atoms with Crippen molar-refractivity contribution in [2.24, 2.45) is 5.11 Å². The van der Waals surface area contributed by atoms with E-state index in [1.165, 1.54) is 5.56 Å². The minimum Gasteiger partial charge on any atom is -0.491 e. The topological polar surface area (TPSA) is 67.2 Å². The first-order valence-electron chi connectivity index (χ1n) is 4.61. The zero-order chi connectivity index (χ0) is 10.9. The summed E-state index contributed by atoms with van der Waals surface area (Å²) < 4.78 is 10.4. The molecule has 1 aromatic carbocycles. The number of hydrogen-bond donors (Lipinski definition) is 0. The Morgan fingerprint density at radius 2 is 2.00 bits per heavy atom. The van der Waals surface area contributed by atoms with Crippen molar-refractivity contribution < 1.29 is 9.47 Å². The molecule has 5 heteroatoms. The maximum Gasteiger partial charge on any atom is 0.126 e. The quantitative estimate of drug-likeness (QED) is 0.311. The average Bonchev–Trinajstić information content (AvgIpc) is 2.26. The number of aryl methyl sites for hydroxylation is 1. The maximum atomic E-state index is 7.97. The fourth-order valence-corrected chi connectivity index (χ4v) is 0.984. The molecule has 0 fully saturated rings. The second-order valence-corrected chi connectivity index (χ2v) is 2.93. The number of benzene rings is 1. The van der Waals surface area contributed by atoms with Crippen LogP contribution < -0.4 is 4.74 Å². The lowest BCUT2D eigenvalue weighted by Gasteiger charge is -2.05. The summed E-state index contributed by atoms with van der Waals surface area (Å²) in [6.07, 6.45) is 0. The molecule has 0 saturated carbocycles. The molecule has 0 aliphatic carbocycles. The largest absolute Gasteiger partial charge is 0.491 e. The third-order valence-corrected chi connectivity index (χ3v) is 1.73. The van der Waals surface area contributed by atoms with Gasteiger partial charge >= 0.3 is 0 Å². The zero-order valence-corrected chi connectivity index (χ0v) is 8.59. The highest BCUT2D eigenvalue weighted by Gasteiger charge is 1.92. The third kappa shape index (κ3) is 4.90. The number of ether oxygens (including phenoxy) is 2. The second-order valence-electron chi connectivity index (χ2n) is 2.93. The fourth-order valence-electron chi connectivity index (χ4n) is 0.984. The van der Waals surface area contributed by atoms with Crippen LogP contribution in [0.5, 0.6) is 5.75 Å². The van der Waals surface area contributed by atoms with Gasteiger partial charge in [-0.15, -0.1) is 0 Å². The smallest absolute Gasteiger partial charge is 0.126 e. The third-order valence-electron chi connectivity index (χ3n) is 1.73. The Morgan fingerprint density at radius 1 is 1.27 bits per heavy atom. The van der Waals surface area contributed by atoms with Gasteiger partial charge in [-0.2, -0.15) is 0 Å². The van der Waals surface area contributed by atoms with Crippen LogP contribution in [0.2, 0.25) is 0 Å². The highest BCUT2D eigenvalue weighted by atomic mass is 16.5. The van der Waals surface area contributed by atoms with E-state index in [9.17, 15) is 0 Å². The Labute approximate surface area is 88.3 Å². The predicted octanol–water partition coefficient (Wildman–Crippen LogP) is 2.66. The van der Waals surface area contributed by atoms with Gasteiger partial charge in [0.1, 0.15) is 19.1 Å². The molecule has 15 heavy (non-hydrogen) atoms. The number of hydrogen-bond acceptors (Lipinski definition) is 3. The molecule has 5 nitrogen and oxygen atoms in total. The molecule has 0 aromatic heterocycles. The van der Waals surface area contributed by atoms with E-state index in [-0.39, 0.29) is 6.73 Å². The number of rotatable bonds is 6. The van der Waals surface area contributed by atoms with Crippen molar-refractivity contribution in [3.05, 3.63) is 40.3 Å². The van der Waals surface area contributed by atoms with Crippen molar-refractivity contribution in [3.63, 3.8) is 0 Å². The van der Waals surface area contributed by atoms with Crippen LogP contribution in [-0.2, 0) is 4.74 Å². The zero-order valence-electron chi connectivity index (χ0n) is 8.59. The first-order chi connectivity index (χ1) is 7.33. The molecule has 0 heterocycles. The summed E-state index contributed by atoms with van der Waals surface area (Å²) in [5.74, 6) is 0.813. The van der Waals surface area contributed by atoms with E-state index in [0.29, 0.717) is 13.2 Å². The van der Waals surface area contributed by atoms with Gasteiger partial charge in [0.2, 0.25) is 0 Å². The lowest BCUT2D eigenvalue weighted by molar-refractivity contribution is 0.105. The Hall–Kier alpha value is -1.71. The summed E-state index contributed by atoms with van der Waals surface area (Å²) in [5, 5.41) is 3.23. The molecule has 0 aliphatic rings. The molecule has 0 unspecified atom stereocenters. The lowest BCUT2D eigenvalue weighted by Crippen LogP contribution is -2.06. The van der Waals surface area contributed by atoms with E-state index in [2.05, 4.69) is 10.0 Å². The molecule has 0 radical (unpaired) electrons. The Balaban J connectivity index is 2.15. The summed E-state index contributed by atoms with van der Waals surface area (Å²) in [5.41, 5.74) is 9.17. The van der Waals surface area contributed by atoms with Crippen molar-refractivity contribution in [3.8, 4) is 5.75 Å². The molecular formula is C10H13N3O2. The summed E-state index contributed by atoms with van der Waals surface area (Å²) in [4.78, 5) is 2.56. The van der Waals surface area contributed by atoms with Crippen molar-refractivity contribution in [1.82, 2.24) is 0 Å². The van der Waals surface area contributed by atoms with Gasteiger partial charge in [-0.3, -0.25) is 0 Å². The van der Waals surface area contributed by atoms with Crippen molar-refractivity contribution in [2.45, 2.75) is 6.92 Å². The Kier molecular flexibility index (Phi) is 5.08. The molecule has 1 aromatic rings. The molecule has 0 atom stereocenters. The Morgan fingerprint density at radius 3 is 2.67 bits per heavy atom. The predicted molar refractivity (Wildman–Crippen MR) is 56.6 cm³/mol. The summed E-state index contributed by atoms with van der Waals surface area (Å²) in [6, 6.07) is 7.78.